The molecule has 27 aromatic carbocycles. The number of nitrogens with two attached hydrogens (primary N) is 1. The molecular formula is C141H91NS3. The smallest absolute Gasteiger partial charge is 0.0375 e. The van der Waals surface area contributed by atoms with Crippen molar-refractivity contribution in [2.24, 2.45) is 0 Å². The predicted octanol–water partition coefficient (Wildman–Crippen LogP) is 39.4. The molecule has 0 aromatic heterocycles. The number of hydrogen-bond acceptors (Lipinski definition) is 4. The molecule has 3 aliphatic heterocycles. The van der Waals surface area contributed by atoms with Gasteiger partial charge in [0.1, 0.15) is 0 Å². The number of rotatable bonds is 9. The Kier molecular flexibility index (Phi) is 21.2. The van der Waals surface area contributed by atoms with Crippen molar-refractivity contribution < 1.29 is 0 Å². The molecule has 2 N–H and O–H groups in total. The van der Waals surface area contributed by atoms with Crippen LogP contribution in [0.5, 0.6) is 0 Å². The summed E-state index contributed by atoms with van der Waals surface area (Å²) < 4.78 is 0. The Hall–Kier alpha value is -17.1. The van der Waals surface area contributed by atoms with Crippen molar-refractivity contribution in [2.45, 2.75) is 47.1 Å². The molecule has 4 heteroatoms. The summed E-state index contributed by atoms with van der Waals surface area (Å²) in [5, 5.41) is 31.8. The second kappa shape index (κ2) is 35.8. The van der Waals surface area contributed by atoms with Crippen LogP contribution in [-0.4, -0.2) is 0 Å². The van der Waals surface area contributed by atoms with E-state index < -0.39 is 0 Å². The summed E-state index contributed by atoms with van der Waals surface area (Å²) in [4.78, 5) is 8.24. The first-order valence-corrected chi connectivity index (χ1v) is 52.6. The van der Waals surface area contributed by atoms with Gasteiger partial charge in [-0.1, -0.05) is 539 Å². The lowest BCUT2D eigenvalue weighted by molar-refractivity contribution is 0.938. The van der Waals surface area contributed by atoms with Gasteiger partial charge < -0.3 is 5.73 Å². The molecule has 0 spiro atoms. The quantitative estimate of drug-likeness (QED) is 0.115. The second-order valence-corrected chi connectivity index (χ2v) is 41.6. The van der Waals surface area contributed by atoms with Crippen molar-refractivity contribution in [1.29, 1.82) is 0 Å². The molecule has 30 rings (SSSR count). The van der Waals surface area contributed by atoms with Crippen LogP contribution in [0.4, 0.5) is 5.69 Å². The third-order valence-electron chi connectivity index (χ3n) is 30.7. The fourth-order valence-corrected chi connectivity index (χ4v) is 28.5. The van der Waals surface area contributed by atoms with Gasteiger partial charge in [0.05, 0.1) is 0 Å². The average molecular weight is 1900 g/mol. The van der Waals surface area contributed by atoms with Crippen LogP contribution in [0.3, 0.4) is 0 Å². The van der Waals surface area contributed by atoms with Gasteiger partial charge in [-0.2, -0.15) is 0 Å². The Morgan fingerprint density at radius 2 is 0.283 bits per heavy atom. The monoisotopic (exact) mass is 1890 g/mol. The zero-order valence-electron chi connectivity index (χ0n) is 79.2. The summed E-state index contributed by atoms with van der Waals surface area (Å²) in [7, 11) is 0. The van der Waals surface area contributed by atoms with E-state index in [-0.39, 0.29) is 17.8 Å². The highest BCUT2D eigenvalue weighted by molar-refractivity contribution is 8.00. The van der Waals surface area contributed by atoms with Crippen molar-refractivity contribution in [3.8, 4) is 66.8 Å². The molecule has 0 radical (unpaired) electrons. The lowest BCUT2D eigenvalue weighted by Gasteiger charge is -2.33. The molecule has 0 aliphatic carbocycles. The highest BCUT2D eigenvalue weighted by Gasteiger charge is 2.39. The van der Waals surface area contributed by atoms with Crippen molar-refractivity contribution in [1.82, 2.24) is 0 Å². The maximum atomic E-state index is 5.93. The molecule has 0 atom stereocenters. The molecule has 3 aliphatic rings. The van der Waals surface area contributed by atoms with Gasteiger partial charge in [0, 0.05) is 52.8 Å². The van der Waals surface area contributed by atoms with Crippen LogP contribution in [0.1, 0.15) is 67.8 Å². The normalized spacial score (nSPS) is 12.8. The molecule has 0 saturated carbocycles. The van der Waals surface area contributed by atoms with Gasteiger partial charge >= 0.3 is 0 Å². The highest BCUT2D eigenvalue weighted by atomic mass is 32.2. The van der Waals surface area contributed by atoms with Crippen molar-refractivity contribution in [3.05, 3.63) is 572 Å². The first-order chi connectivity index (χ1) is 71.9. The van der Waals surface area contributed by atoms with Gasteiger partial charge in [-0.25, -0.2) is 0 Å². The molecule has 145 heavy (non-hydrogen) atoms. The summed E-state index contributed by atoms with van der Waals surface area (Å²) >= 11 is 5.90. The molecule has 0 unspecified atom stereocenters. The standard InChI is InChI=1S/C47H31NS.2C47H30S/c48-34-27-25-32(26-28-34)30-19-17-29(18-20-30)31-21-23-33(24-22-31)43-44-39-13-5-1-9-35(39)37-11-3-7-15-41(37)46(44)49-47-42-16-8-4-12-38(42)36-10-2-6-14-40(36)45(43)47;1-2-13-30(14-3-1)33-15-12-16-34(29-33)31-25-27-32(28-26-31)43-44-39-21-8-4-17-35(39)37-19-6-10-23-41(37)46(44)48-47-42-24-11-7-20-38(42)36-18-5-9-22-40(36)45(43)47;1-2-14-30(15-3-1)33-16-4-5-17-34(33)31-26-28-32(29-27-31)43-44-39-22-10-6-18-35(39)37-20-8-12-24-41(37)46(44)48-47-42-25-13-9-21-38(42)36-19-7-11-23-40(36)45(43)47/h1-28,43H,48H2;2*1-29,43H. The summed E-state index contributed by atoms with van der Waals surface area (Å²) in [6.07, 6.45) is 0. The Labute approximate surface area is 854 Å². The van der Waals surface area contributed by atoms with Crippen LogP contribution in [0.25, 0.3) is 196 Å². The Morgan fingerprint density at radius 3 is 0.531 bits per heavy atom. The maximum Gasteiger partial charge on any atom is 0.0375 e. The zero-order valence-corrected chi connectivity index (χ0v) is 81.6. The van der Waals surface area contributed by atoms with E-state index in [1.54, 1.807) is 0 Å². The SMILES string of the molecule is Nc1ccc(-c2ccc(-c3ccc(C4c5c(c6ccccc6c6ccccc56)Sc5c4c4ccccc4c4ccccc54)cc3)cc2)cc1.c1ccc(-c2cccc(-c3ccc(C4c5c(c6ccccc6c6ccccc56)Sc5c4c4ccccc4c4ccccc54)cc3)c2)cc1.c1ccc(-c2ccccc2-c2ccc(C3c4c(c5ccccc5c5ccccc45)Sc4c3c3ccccc3c3ccccc43)cc2)cc1. The van der Waals surface area contributed by atoms with Crippen molar-refractivity contribution in [3.63, 3.8) is 0 Å². The van der Waals surface area contributed by atoms with Crippen LogP contribution >= 0.6 is 35.3 Å². The van der Waals surface area contributed by atoms with E-state index in [1.807, 2.05) is 47.4 Å². The molecular weight excluding hydrogens is 1800 g/mol. The van der Waals surface area contributed by atoms with Crippen LogP contribution in [-0.2, 0) is 0 Å². The Balaban J connectivity index is 0.000000106. The number of fused-ring (bicyclic) bond motifs is 36. The van der Waals surface area contributed by atoms with Gasteiger partial charge in [-0.15, -0.1) is 0 Å². The van der Waals surface area contributed by atoms with Crippen molar-refractivity contribution in [2.75, 3.05) is 5.73 Å². The summed E-state index contributed by atoms with van der Waals surface area (Å²) in [6.45, 7) is 0. The molecule has 0 fully saturated rings. The van der Waals surface area contributed by atoms with Crippen LogP contribution in [0.15, 0.2) is 551 Å². The zero-order chi connectivity index (χ0) is 95.7. The highest BCUT2D eigenvalue weighted by Crippen LogP contribution is 2.63. The number of hydrogen-bond donors (Lipinski definition) is 1. The number of benzene rings is 27. The van der Waals surface area contributed by atoms with Gasteiger partial charge in [-0.05, 0) is 264 Å². The van der Waals surface area contributed by atoms with Gasteiger partial charge in [0.15, 0.2) is 0 Å². The summed E-state index contributed by atoms with van der Waals surface area (Å²) in [6, 6.07) is 192. The second-order valence-electron chi connectivity index (χ2n) is 38.5. The molecule has 0 amide bonds. The van der Waals surface area contributed by atoms with E-state index in [0.717, 1.165) is 5.69 Å². The fraction of sp³-hybridized carbons (Fsp3) is 0.0213. The van der Waals surface area contributed by atoms with Crippen LogP contribution in [0, 0.1) is 0 Å². The van der Waals surface area contributed by atoms with E-state index in [4.69, 9.17) is 5.73 Å². The van der Waals surface area contributed by atoms with Crippen molar-refractivity contribution >= 4 is 170 Å². The first-order valence-electron chi connectivity index (χ1n) is 50.1. The third kappa shape index (κ3) is 14.5. The summed E-state index contributed by atoms with van der Waals surface area (Å²) in [5.41, 5.74) is 33.8. The first kappa shape index (κ1) is 85.8. The van der Waals surface area contributed by atoms with Gasteiger partial charge in [0.2, 0.25) is 0 Å². The van der Waals surface area contributed by atoms with E-state index >= 15 is 0 Å². The molecule has 0 bridgehead atoms. The lowest BCUT2D eigenvalue weighted by atomic mass is 9.78. The summed E-state index contributed by atoms with van der Waals surface area (Å²) in [5.74, 6) is 0.209. The molecule has 27 aromatic rings. The molecule has 0 saturated heterocycles. The average Bonchev–Trinajstić information content (AvgIpc) is 0.706. The largest absolute Gasteiger partial charge is 0.399 e. The minimum Gasteiger partial charge on any atom is -0.399 e. The molecule has 678 valence electrons. The van der Waals surface area contributed by atoms with Crippen LogP contribution in [0.2, 0.25) is 0 Å². The lowest BCUT2D eigenvalue weighted by Crippen LogP contribution is -2.13. The van der Waals surface area contributed by atoms with Crippen LogP contribution < -0.4 is 5.73 Å². The van der Waals surface area contributed by atoms with E-state index in [9.17, 15) is 0 Å². The maximum absolute atomic E-state index is 5.93. The topological polar surface area (TPSA) is 26.0 Å². The molecule has 3 heterocycles. The van der Waals surface area contributed by atoms with E-state index in [2.05, 4.69) is 510 Å². The fourth-order valence-electron chi connectivity index (χ4n) is 24.2. The Morgan fingerprint density at radius 1 is 0.124 bits per heavy atom. The van der Waals surface area contributed by atoms with Gasteiger partial charge in [0.25, 0.3) is 0 Å². The van der Waals surface area contributed by atoms with E-state index in [1.165, 1.54) is 275 Å². The van der Waals surface area contributed by atoms with Gasteiger partial charge in [-0.3, -0.25) is 0 Å². The molecule has 1 nitrogen and oxygen atoms in total. The van der Waals surface area contributed by atoms with E-state index in [0.29, 0.717) is 0 Å². The predicted molar refractivity (Wildman–Crippen MR) is 620 cm³/mol. The number of anilines is 1. The Bertz CT molecular complexity index is 9530. The minimum atomic E-state index is 0.0669. The third-order valence-corrected chi connectivity index (χ3v) is 34.6. The number of nitrogen functional groups attached to an aromatic ring is 1. The minimum absolute atomic E-state index is 0.0669.